The fraction of sp³-hybridized carbons (Fsp3) is 0.250. The highest BCUT2D eigenvalue weighted by Gasteiger charge is 2.16. The summed E-state index contributed by atoms with van der Waals surface area (Å²) in [5, 5.41) is 7.24. The van der Waals surface area contributed by atoms with Gasteiger partial charge in [-0.2, -0.15) is 5.10 Å². The molecule has 1 aromatic carbocycles. The summed E-state index contributed by atoms with van der Waals surface area (Å²) in [4.78, 5) is 25.0. The Labute approximate surface area is 155 Å². The maximum atomic E-state index is 12.8. The number of amides is 1. The van der Waals surface area contributed by atoms with Crippen LogP contribution < -0.4 is 10.9 Å². The van der Waals surface area contributed by atoms with Crippen LogP contribution >= 0.6 is 0 Å². The number of carbonyl (C=O) groups is 1. The topological polar surface area (TPSA) is 81.5 Å². The van der Waals surface area contributed by atoms with E-state index in [1.807, 2.05) is 43.3 Å². The van der Waals surface area contributed by atoms with E-state index in [-0.39, 0.29) is 18.0 Å². The van der Waals surface area contributed by atoms with Crippen LogP contribution in [0.3, 0.4) is 0 Å². The number of aromatic nitrogens is 3. The first-order chi connectivity index (χ1) is 13.2. The number of fused-ring (bicyclic) bond motifs is 3. The summed E-state index contributed by atoms with van der Waals surface area (Å²) in [5.41, 5.74) is 2.75. The van der Waals surface area contributed by atoms with E-state index in [2.05, 4.69) is 10.4 Å². The Hall–Kier alpha value is -3.35. The third-order valence-electron chi connectivity index (χ3n) is 4.56. The van der Waals surface area contributed by atoms with Crippen molar-refractivity contribution in [2.45, 2.75) is 26.3 Å². The standard InChI is InChI=1S/C20H20N4O3/c1-2-18-22-23(13-19(25)21-10-8-14-6-4-3-5-7-14)20(26)16-12-17-15(24(16)18)9-11-27-17/h3-7,9,11-12H,2,8,10,13H2,1H3,(H,21,25). The first kappa shape index (κ1) is 17.1. The van der Waals surface area contributed by atoms with Crippen molar-refractivity contribution in [3.05, 3.63) is 70.5 Å². The molecule has 7 nitrogen and oxygen atoms in total. The molecule has 0 saturated heterocycles. The van der Waals surface area contributed by atoms with E-state index in [0.717, 1.165) is 17.5 Å². The van der Waals surface area contributed by atoms with Crippen LogP contribution in [0.4, 0.5) is 0 Å². The van der Waals surface area contributed by atoms with Crippen molar-refractivity contribution in [2.75, 3.05) is 6.54 Å². The highest BCUT2D eigenvalue weighted by molar-refractivity contribution is 5.82. The molecule has 4 aromatic rings. The van der Waals surface area contributed by atoms with Crippen molar-refractivity contribution in [3.63, 3.8) is 0 Å². The molecule has 0 aliphatic heterocycles. The van der Waals surface area contributed by atoms with E-state index in [0.29, 0.717) is 29.9 Å². The Morgan fingerprint density at radius 3 is 2.78 bits per heavy atom. The average molecular weight is 364 g/mol. The number of nitrogens with zero attached hydrogens (tertiary/aromatic N) is 3. The van der Waals surface area contributed by atoms with E-state index in [9.17, 15) is 9.59 Å². The van der Waals surface area contributed by atoms with Gasteiger partial charge in [0.25, 0.3) is 5.56 Å². The molecule has 0 unspecified atom stereocenters. The SMILES string of the molecule is CCc1nn(CC(=O)NCCc2ccccc2)c(=O)c2cc3occc3n12. The maximum Gasteiger partial charge on any atom is 0.291 e. The largest absolute Gasteiger partial charge is 0.463 e. The van der Waals surface area contributed by atoms with Crippen LogP contribution in [-0.2, 0) is 24.2 Å². The predicted molar refractivity (Wildman–Crippen MR) is 102 cm³/mol. The van der Waals surface area contributed by atoms with Gasteiger partial charge in [-0.25, -0.2) is 4.68 Å². The van der Waals surface area contributed by atoms with Crippen LogP contribution in [0.5, 0.6) is 0 Å². The fourth-order valence-corrected chi connectivity index (χ4v) is 3.24. The number of carbonyl (C=O) groups excluding carboxylic acids is 1. The van der Waals surface area contributed by atoms with Crippen LogP contribution in [0, 0.1) is 0 Å². The highest BCUT2D eigenvalue weighted by atomic mass is 16.3. The molecule has 1 amide bonds. The van der Waals surface area contributed by atoms with Gasteiger partial charge in [0.2, 0.25) is 5.91 Å². The number of furan rings is 1. The van der Waals surface area contributed by atoms with Gasteiger partial charge in [0.05, 0.1) is 11.8 Å². The summed E-state index contributed by atoms with van der Waals surface area (Å²) in [6.07, 6.45) is 2.95. The van der Waals surface area contributed by atoms with Gasteiger partial charge < -0.3 is 9.73 Å². The Balaban J connectivity index is 1.54. The average Bonchev–Trinajstić information content (AvgIpc) is 3.26. The summed E-state index contributed by atoms with van der Waals surface area (Å²) in [5.74, 6) is 0.472. The minimum absolute atomic E-state index is 0.107. The van der Waals surface area contributed by atoms with Crippen LogP contribution in [0.1, 0.15) is 18.3 Å². The predicted octanol–water partition coefficient (Wildman–Crippen LogP) is 2.16. The van der Waals surface area contributed by atoms with E-state index >= 15 is 0 Å². The van der Waals surface area contributed by atoms with Crippen LogP contribution in [0.15, 0.2) is 57.9 Å². The van der Waals surface area contributed by atoms with E-state index in [1.54, 1.807) is 16.7 Å². The number of hydrogen-bond acceptors (Lipinski definition) is 4. The van der Waals surface area contributed by atoms with Gasteiger partial charge in [0, 0.05) is 25.1 Å². The van der Waals surface area contributed by atoms with Crippen molar-refractivity contribution in [1.82, 2.24) is 19.5 Å². The Bertz CT molecular complexity index is 1150. The van der Waals surface area contributed by atoms with E-state index in [4.69, 9.17) is 4.42 Å². The van der Waals surface area contributed by atoms with Crippen LogP contribution in [0.2, 0.25) is 0 Å². The van der Waals surface area contributed by atoms with Crippen LogP contribution in [-0.4, -0.2) is 26.6 Å². The highest BCUT2D eigenvalue weighted by Crippen LogP contribution is 2.20. The summed E-state index contributed by atoms with van der Waals surface area (Å²) in [7, 11) is 0. The Kier molecular flexibility index (Phi) is 4.50. The zero-order chi connectivity index (χ0) is 18.8. The molecule has 1 N–H and O–H groups in total. The molecule has 3 heterocycles. The summed E-state index contributed by atoms with van der Waals surface area (Å²) in [6.45, 7) is 2.37. The fourth-order valence-electron chi connectivity index (χ4n) is 3.24. The van der Waals surface area contributed by atoms with Gasteiger partial charge in [0.1, 0.15) is 17.9 Å². The smallest absolute Gasteiger partial charge is 0.291 e. The number of benzene rings is 1. The second-order valence-corrected chi connectivity index (χ2v) is 6.35. The zero-order valence-corrected chi connectivity index (χ0v) is 15.0. The minimum atomic E-state index is -0.309. The molecule has 0 aliphatic rings. The van der Waals surface area contributed by atoms with Gasteiger partial charge in [-0.05, 0) is 12.0 Å². The van der Waals surface area contributed by atoms with Crippen molar-refractivity contribution >= 4 is 22.5 Å². The molecule has 27 heavy (non-hydrogen) atoms. The Morgan fingerprint density at radius 2 is 2.00 bits per heavy atom. The molecule has 0 radical (unpaired) electrons. The molecular weight excluding hydrogens is 344 g/mol. The van der Waals surface area contributed by atoms with Crippen molar-refractivity contribution < 1.29 is 9.21 Å². The third kappa shape index (κ3) is 3.23. The van der Waals surface area contributed by atoms with Gasteiger partial charge in [-0.1, -0.05) is 37.3 Å². The summed E-state index contributed by atoms with van der Waals surface area (Å²) >= 11 is 0. The lowest BCUT2D eigenvalue weighted by Crippen LogP contribution is -2.36. The minimum Gasteiger partial charge on any atom is -0.463 e. The zero-order valence-electron chi connectivity index (χ0n) is 15.0. The third-order valence-corrected chi connectivity index (χ3v) is 4.56. The molecule has 138 valence electrons. The monoisotopic (exact) mass is 364 g/mol. The number of aryl methyl sites for hydroxylation is 1. The summed E-state index contributed by atoms with van der Waals surface area (Å²) < 4.78 is 8.42. The first-order valence-corrected chi connectivity index (χ1v) is 8.96. The maximum absolute atomic E-state index is 12.8. The molecule has 0 fully saturated rings. The lowest BCUT2D eigenvalue weighted by molar-refractivity contribution is -0.121. The van der Waals surface area contributed by atoms with Gasteiger partial charge in [-0.15, -0.1) is 0 Å². The molecular formula is C20H20N4O3. The lowest BCUT2D eigenvalue weighted by atomic mass is 10.1. The Morgan fingerprint density at radius 1 is 1.19 bits per heavy atom. The van der Waals surface area contributed by atoms with E-state index in [1.165, 1.54) is 4.68 Å². The number of hydrogen-bond donors (Lipinski definition) is 1. The van der Waals surface area contributed by atoms with Crippen molar-refractivity contribution in [2.24, 2.45) is 0 Å². The normalized spacial score (nSPS) is 11.3. The quantitative estimate of drug-likeness (QED) is 0.568. The van der Waals surface area contributed by atoms with Gasteiger partial charge >= 0.3 is 0 Å². The molecule has 0 bridgehead atoms. The van der Waals surface area contributed by atoms with Crippen LogP contribution in [0.25, 0.3) is 16.6 Å². The van der Waals surface area contributed by atoms with Gasteiger partial charge in [-0.3, -0.25) is 14.0 Å². The molecule has 0 atom stereocenters. The second-order valence-electron chi connectivity index (χ2n) is 6.35. The molecule has 0 spiro atoms. The number of rotatable bonds is 6. The summed E-state index contributed by atoms with van der Waals surface area (Å²) in [6, 6.07) is 13.4. The first-order valence-electron chi connectivity index (χ1n) is 8.96. The second kappa shape index (κ2) is 7.11. The molecule has 4 rings (SSSR count). The number of nitrogens with one attached hydrogen (secondary N) is 1. The van der Waals surface area contributed by atoms with E-state index < -0.39 is 0 Å². The van der Waals surface area contributed by atoms with Crippen molar-refractivity contribution in [3.8, 4) is 0 Å². The lowest BCUT2D eigenvalue weighted by Gasteiger charge is -2.10. The molecule has 7 heteroatoms. The van der Waals surface area contributed by atoms with Crippen molar-refractivity contribution in [1.29, 1.82) is 0 Å². The van der Waals surface area contributed by atoms with Gasteiger partial charge in [0.15, 0.2) is 5.58 Å². The molecule has 3 aromatic heterocycles. The molecule has 0 saturated carbocycles. The molecule has 0 aliphatic carbocycles.